The van der Waals surface area contributed by atoms with Crippen molar-refractivity contribution in [3.63, 3.8) is 0 Å². The van der Waals surface area contributed by atoms with Crippen LogP contribution in [0.3, 0.4) is 0 Å². The first-order valence-corrected chi connectivity index (χ1v) is 8.42. The molecule has 2 heterocycles. The van der Waals surface area contributed by atoms with Crippen LogP contribution in [0.5, 0.6) is 0 Å². The van der Waals surface area contributed by atoms with E-state index in [2.05, 4.69) is 9.82 Å². The Kier molecular flexibility index (Phi) is 5.53. The van der Waals surface area contributed by atoms with Gasteiger partial charge in [0, 0.05) is 38.1 Å². The van der Waals surface area contributed by atoms with E-state index in [0.717, 1.165) is 19.3 Å². The lowest BCUT2D eigenvalue weighted by atomic mass is 10.1. The highest BCUT2D eigenvalue weighted by Crippen LogP contribution is 2.19. The Balaban J connectivity index is 1.80. The van der Waals surface area contributed by atoms with Gasteiger partial charge in [-0.25, -0.2) is 4.72 Å². The van der Waals surface area contributed by atoms with E-state index in [1.807, 2.05) is 12.3 Å². The number of hydrogen-bond donors (Lipinski definition) is 2. The van der Waals surface area contributed by atoms with Crippen LogP contribution in [0.15, 0.2) is 18.5 Å². The van der Waals surface area contributed by atoms with Crippen LogP contribution in [0.25, 0.3) is 0 Å². The summed E-state index contributed by atoms with van der Waals surface area (Å²) in [6.45, 7) is 1.42. The summed E-state index contributed by atoms with van der Waals surface area (Å²) in [4.78, 5) is 0. The van der Waals surface area contributed by atoms with Crippen molar-refractivity contribution in [1.82, 2.24) is 18.8 Å². The predicted molar refractivity (Wildman–Crippen MR) is 75.2 cm³/mol. The summed E-state index contributed by atoms with van der Waals surface area (Å²) in [5.41, 5.74) is 0. The van der Waals surface area contributed by atoms with Crippen LogP contribution in [0.1, 0.15) is 25.7 Å². The Labute approximate surface area is 119 Å². The van der Waals surface area contributed by atoms with Crippen molar-refractivity contribution >= 4 is 10.2 Å². The van der Waals surface area contributed by atoms with Crippen molar-refractivity contribution in [2.75, 3.05) is 19.7 Å². The lowest BCUT2D eigenvalue weighted by Crippen LogP contribution is -2.50. The molecule has 0 amide bonds. The van der Waals surface area contributed by atoms with Gasteiger partial charge in [0.2, 0.25) is 0 Å². The fourth-order valence-corrected chi connectivity index (χ4v) is 3.93. The molecule has 2 rings (SSSR count). The molecule has 1 aromatic rings. The second kappa shape index (κ2) is 7.16. The van der Waals surface area contributed by atoms with Gasteiger partial charge in [0.25, 0.3) is 10.2 Å². The molecule has 0 bridgehead atoms. The van der Waals surface area contributed by atoms with E-state index in [1.165, 1.54) is 4.31 Å². The second-order valence-corrected chi connectivity index (χ2v) is 6.67. The van der Waals surface area contributed by atoms with E-state index in [-0.39, 0.29) is 12.6 Å². The van der Waals surface area contributed by atoms with Crippen LogP contribution >= 0.6 is 0 Å². The maximum Gasteiger partial charge on any atom is 0.279 e. The Bertz CT molecular complexity index is 489. The topological polar surface area (TPSA) is 87.5 Å². The quantitative estimate of drug-likeness (QED) is 0.692. The van der Waals surface area contributed by atoms with Crippen LogP contribution in [0, 0.1) is 0 Å². The molecule has 1 unspecified atom stereocenters. The summed E-state index contributed by atoms with van der Waals surface area (Å²) in [6.07, 6.45) is 6.77. The average Bonchev–Trinajstić information content (AvgIpc) is 2.97. The maximum atomic E-state index is 12.2. The van der Waals surface area contributed by atoms with E-state index in [1.54, 1.807) is 10.9 Å². The molecular formula is C12H22N4O3S. The molecule has 8 heteroatoms. The number of aromatic nitrogens is 2. The van der Waals surface area contributed by atoms with Crippen LogP contribution in [-0.4, -0.2) is 53.3 Å². The monoisotopic (exact) mass is 302 g/mol. The highest BCUT2D eigenvalue weighted by molar-refractivity contribution is 7.87. The van der Waals surface area contributed by atoms with E-state index in [4.69, 9.17) is 0 Å². The van der Waals surface area contributed by atoms with Crippen LogP contribution < -0.4 is 4.72 Å². The minimum atomic E-state index is -3.49. The minimum Gasteiger partial charge on any atom is -0.395 e. The summed E-state index contributed by atoms with van der Waals surface area (Å²) in [7, 11) is -3.49. The molecule has 20 heavy (non-hydrogen) atoms. The van der Waals surface area contributed by atoms with Gasteiger partial charge >= 0.3 is 0 Å². The van der Waals surface area contributed by atoms with E-state index in [0.29, 0.717) is 26.1 Å². The van der Waals surface area contributed by atoms with Gasteiger partial charge in [-0.1, -0.05) is 6.42 Å². The average molecular weight is 302 g/mol. The highest BCUT2D eigenvalue weighted by atomic mass is 32.2. The zero-order valence-electron chi connectivity index (χ0n) is 11.5. The Morgan fingerprint density at radius 1 is 1.40 bits per heavy atom. The second-order valence-electron chi connectivity index (χ2n) is 4.96. The van der Waals surface area contributed by atoms with Crippen LogP contribution in [0.2, 0.25) is 0 Å². The van der Waals surface area contributed by atoms with Gasteiger partial charge in [-0.15, -0.1) is 0 Å². The number of aliphatic hydroxyl groups is 1. The van der Waals surface area contributed by atoms with Gasteiger partial charge in [0.05, 0.1) is 6.61 Å². The summed E-state index contributed by atoms with van der Waals surface area (Å²) < 4.78 is 30.2. The lowest BCUT2D eigenvalue weighted by Gasteiger charge is -2.33. The number of nitrogens with zero attached hydrogens (tertiary/aromatic N) is 3. The molecule has 1 aliphatic rings. The molecule has 0 spiro atoms. The molecule has 0 aliphatic carbocycles. The zero-order chi connectivity index (χ0) is 14.4. The van der Waals surface area contributed by atoms with Crippen LogP contribution in [-0.2, 0) is 16.8 Å². The molecule has 0 aromatic carbocycles. The van der Waals surface area contributed by atoms with Gasteiger partial charge in [-0.3, -0.25) is 4.68 Å². The predicted octanol–water partition coefficient (Wildman–Crippen LogP) is -0.0456. The highest BCUT2D eigenvalue weighted by Gasteiger charge is 2.31. The third-order valence-electron chi connectivity index (χ3n) is 3.50. The largest absolute Gasteiger partial charge is 0.395 e. The first-order chi connectivity index (χ1) is 9.63. The van der Waals surface area contributed by atoms with Gasteiger partial charge in [-0.05, 0) is 25.3 Å². The van der Waals surface area contributed by atoms with E-state index >= 15 is 0 Å². The summed E-state index contributed by atoms with van der Waals surface area (Å²) in [5.74, 6) is 0. The number of nitrogens with one attached hydrogen (secondary N) is 1. The third-order valence-corrected chi connectivity index (χ3v) is 5.17. The van der Waals surface area contributed by atoms with Crippen molar-refractivity contribution < 1.29 is 13.5 Å². The first-order valence-electron chi connectivity index (χ1n) is 6.98. The van der Waals surface area contributed by atoms with Gasteiger partial charge in [-0.2, -0.15) is 17.8 Å². The fourth-order valence-electron chi connectivity index (χ4n) is 2.43. The SMILES string of the molecule is O=S(=O)(NCCCn1cccn1)N1CCCCC1CO. The van der Waals surface area contributed by atoms with Crippen molar-refractivity contribution in [2.45, 2.75) is 38.3 Å². The maximum absolute atomic E-state index is 12.2. The molecule has 1 saturated heterocycles. The first kappa shape index (κ1) is 15.4. The lowest BCUT2D eigenvalue weighted by molar-refractivity contribution is 0.154. The Hall–Kier alpha value is -0.960. The van der Waals surface area contributed by atoms with Crippen molar-refractivity contribution in [1.29, 1.82) is 0 Å². The van der Waals surface area contributed by atoms with Gasteiger partial charge in [0.1, 0.15) is 0 Å². The molecule has 0 saturated carbocycles. The molecular weight excluding hydrogens is 280 g/mol. The number of aryl methyl sites for hydroxylation is 1. The third kappa shape index (κ3) is 4.02. The molecule has 2 N–H and O–H groups in total. The van der Waals surface area contributed by atoms with Crippen LogP contribution in [0.4, 0.5) is 0 Å². The van der Waals surface area contributed by atoms with Crippen molar-refractivity contribution in [3.05, 3.63) is 18.5 Å². The molecule has 7 nitrogen and oxygen atoms in total. The molecule has 1 atom stereocenters. The van der Waals surface area contributed by atoms with Crippen molar-refractivity contribution in [2.24, 2.45) is 0 Å². The smallest absolute Gasteiger partial charge is 0.279 e. The molecule has 1 aromatic heterocycles. The fraction of sp³-hybridized carbons (Fsp3) is 0.750. The van der Waals surface area contributed by atoms with E-state index in [9.17, 15) is 13.5 Å². The molecule has 0 radical (unpaired) electrons. The number of aliphatic hydroxyl groups excluding tert-OH is 1. The number of piperidine rings is 1. The molecule has 114 valence electrons. The Morgan fingerprint density at radius 2 is 2.25 bits per heavy atom. The normalized spacial score (nSPS) is 21.1. The zero-order valence-corrected chi connectivity index (χ0v) is 12.3. The Morgan fingerprint density at radius 3 is 2.95 bits per heavy atom. The molecule has 1 aliphatic heterocycles. The summed E-state index contributed by atoms with van der Waals surface area (Å²) >= 11 is 0. The van der Waals surface area contributed by atoms with Crippen molar-refractivity contribution in [3.8, 4) is 0 Å². The molecule has 1 fully saturated rings. The summed E-state index contributed by atoms with van der Waals surface area (Å²) in [6, 6.07) is 1.55. The number of hydrogen-bond acceptors (Lipinski definition) is 4. The standard InChI is InChI=1S/C12H22N4O3S/c17-11-12-5-1-2-10-16(12)20(18,19)14-7-4-9-15-8-3-6-13-15/h3,6,8,12,14,17H,1-2,4-5,7,9-11H2. The minimum absolute atomic E-state index is 0.117. The summed E-state index contributed by atoms with van der Waals surface area (Å²) in [5, 5.41) is 13.3. The number of rotatable bonds is 7. The van der Waals surface area contributed by atoms with Gasteiger partial charge < -0.3 is 5.11 Å². The van der Waals surface area contributed by atoms with Gasteiger partial charge in [0.15, 0.2) is 0 Å². The van der Waals surface area contributed by atoms with E-state index < -0.39 is 10.2 Å².